The standard InChI is InChI=1S/C18H19N5O4S/c1-10(24)11-5-7-12(8-6-11)19-13(25)9-28-17-20-14-15(21(17)2)22(3)18(27)23(4)16(14)26/h5-8,14H,9H2,1-4H3/p+1. The summed E-state index contributed by atoms with van der Waals surface area (Å²) in [5.74, 6) is -0.117. The SMILES string of the molecule is CC(=O)c1ccc(NC(=O)CSC2=NC3C(=O)N(C)C(=O)N(C)C3=[N+]2C)cc1. The van der Waals surface area contributed by atoms with E-state index in [1.165, 1.54) is 30.6 Å². The number of imide groups is 1. The average molecular weight is 402 g/mol. The molecular formula is C18H20N5O4S+. The topological polar surface area (TPSA) is 102 Å². The minimum atomic E-state index is -0.776. The van der Waals surface area contributed by atoms with Crippen LogP contribution in [0.5, 0.6) is 0 Å². The number of likely N-dealkylation sites (N-methyl/N-ethyl adjacent to an activating group) is 2. The Morgan fingerprint density at radius 3 is 2.43 bits per heavy atom. The molecule has 0 aromatic heterocycles. The number of urea groups is 1. The second kappa shape index (κ2) is 7.55. The van der Waals surface area contributed by atoms with Crippen LogP contribution in [0.4, 0.5) is 10.5 Å². The van der Waals surface area contributed by atoms with Gasteiger partial charge in [0.15, 0.2) is 5.78 Å². The summed E-state index contributed by atoms with van der Waals surface area (Å²) in [5, 5.41) is 3.24. The summed E-state index contributed by atoms with van der Waals surface area (Å²) in [5.41, 5.74) is 1.16. The summed E-state index contributed by atoms with van der Waals surface area (Å²) in [6, 6.07) is 5.43. The van der Waals surface area contributed by atoms with Gasteiger partial charge in [0.05, 0.1) is 19.8 Å². The number of rotatable bonds is 4. The van der Waals surface area contributed by atoms with Gasteiger partial charge in [0.2, 0.25) is 5.91 Å². The van der Waals surface area contributed by atoms with Crippen molar-refractivity contribution in [2.45, 2.75) is 13.0 Å². The minimum absolute atomic E-state index is 0.0432. The van der Waals surface area contributed by atoms with Crippen molar-refractivity contribution in [3.8, 4) is 0 Å². The number of carbonyl (C=O) groups excluding carboxylic acids is 4. The monoisotopic (exact) mass is 402 g/mol. The number of amidine groups is 2. The second-order valence-electron chi connectivity index (χ2n) is 6.44. The number of fused-ring (bicyclic) bond motifs is 1. The zero-order chi connectivity index (χ0) is 20.6. The number of ketones is 1. The van der Waals surface area contributed by atoms with Crippen LogP contribution in [0, 0.1) is 0 Å². The van der Waals surface area contributed by atoms with Gasteiger partial charge in [-0.2, -0.15) is 0 Å². The van der Waals surface area contributed by atoms with E-state index in [-0.39, 0.29) is 17.4 Å². The van der Waals surface area contributed by atoms with Gasteiger partial charge in [-0.3, -0.25) is 19.3 Å². The molecule has 0 radical (unpaired) electrons. The number of hydrogen-bond donors (Lipinski definition) is 1. The number of anilines is 1. The lowest BCUT2D eigenvalue weighted by Gasteiger charge is -2.27. The molecule has 146 valence electrons. The number of Topliss-reactive ketones (excluding diaryl/α,β-unsaturated/α-hetero) is 1. The van der Waals surface area contributed by atoms with Gasteiger partial charge in [0.1, 0.15) is 0 Å². The van der Waals surface area contributed by atoms with Crippen LogP contribution in [0.1, 0.15) is 17.3 Å². The number of hydrogen-bond acceptors (Lipinski definition) is 6. The lowest BCUT2D eigenvalue weighted by Crippen LogP contribution is -2.59. The van der Waals surface area contributed by atoms with Gasteiger partial charge in [-0.1, -0.05) is 0 Å². The molecule has 9 nitrogen and oxygen atoms in total. The van der Waals surface area contributed by atoms with Crippen LogP contribution < -0.4 is 5.32 Å². The molecule has 28 heavy (non-hydrogen) atoms. The highest BCUT2D eigenvalue weighted by Crippen LogP contribution is 2.22. The smallest absolute Gasteiger partial charge is 0.325 e. The maximum atomic E-state index is 12.3. The lowest BCUT2D eigenvalue weighted by molar-refractivity contribution is -0.367. The summed E-state index contributed by atoms with van der Waals surface area (Å²) in [6.07, 6.45) is 0. The highest BCUT2D eigenvalue weighted by Gasteiger charge is 2.51. The first-order valence-electron chi connectivity index (χ1n) is 8.48. The summed E-state index contributed by atoms with van der Waals surface area (Å²) in [4.78, 5) is 54.8. The molecule has 1 fully saturated rings. The summed E-state index contributed by atoms with van der Waals surface area (Å²) < 4.78 is 1.66. The molecule has 10 heteroatoms. The molecule has 1 atom stereocenters. The lowest BCUT2D eigenvalue weighted by atomic mass is 10.1. The maximum absolute atomic E-state index is 12.3. The predicted molar refractivity (Wildman–Crippen MR) is 106 cm³/mol. The number of benzene rings is 1. The quantitative estimate of drug-likeness (QED) is 0.595. The molecule has 0 spiro atoms. The van der Waals surface area contributed by atoms with Crippen LogP contribution in [0.3, 0.4) is 0 Å². The normalized spacial score (nSPS) is 19.0. The van der Waals surface area contributed by atoms with Crippen LogP contribution in [0.2, 0.25) is 0 Å². The largest absolute Gasteiger partial charge is 0.388 e. The molecule has 2 heterocycles. The Kier molecular flexibility index (Phi) is 5.32. The molecule has 3 rings (SSSR count). The fraction of sp³-hybridized carbons (Fsp3) is 0.333. The van der Waals surface area contributed by atoms with E-state index in [2.05, 4.69) is 10.3 Å². The maximum Gasteiger partial charge on any atom is 0.388 e. The zero-order valence-electron chi connectivity index (χ0n) is 15.9. The van der Waals surface area contributed by atoms with Crippen LogP contribution >= 0.6 is 11.8 Å². The Morgan fingerprint density at radius 1 is 1.18 bits per heavy atom. The Hall–Kier alpha value is -3.01. The molecule has 0 bridgehead atoms. The van der Waals surface area contributed by atoms with E-state index in [0.717, 1.165) is 4.90 Å². The van der Waals surface area contributed by atoms with Crippen molar-refractivity contribution in [1.82, 2.24) is 9.80 Å². The van der Waals surface area contributed by atoms with Crippen molar-refractivity contribution < 1.29 is 23.8 Å². The van der Waals surface area contributed by atoms with Crippen molar-refractivity contribution in [2.24, 2.45) is 4.99 Å². The van der Waals surface area contributed by atoms with Crippen LogP contribution in [0.15, 0.2) is 29.3 Å². The zero-order valence-corrected chi connectivity index (χ0v) is 16.7. The van der Waals surface area contributed by atoms with Gasteiger partial charge in [0.25, 0.3) is 23.0 Å². The number of carbonyl (C=O) groups is 4. The fourth-order valence-corrected chi connectivity index (χ4v) is 3.76. The van der Waals surface area contributed by atoms with Crippen molar-refractivity contribution in [3.05, 3.63) is 29.8 Å². The summed E-state index contributed by atoms with van der Waals surface area (Å²) in [7, 11) is 4.72. The van der Waals surface area contributed by atoms with Crippen LogP contribution in [-0.2, 0) is 9.59 Å². The van der Waals surface area contributed by atoms with E-state index in [1.807, 2.05) is 0 Å². The number of nitrogens with one attached hydrogen (secondary N) is 1. The molecule has 1 N–H and O–H groups in total. The number of amides is 4. The van der Waals surface area contributed by atoms with E-state index in [4.69, 9.17) is 0 Å². The van der Waals surface area contributed by atoms with Crippen LogP contribution in [-0.4, -0.2) is 81.9 Å². The molecule has 1 aromatic rings. The van der Waals surface area contributed by atoms with E-state index in [1.54, 1.807) is 42.9 Å². The van der Waals surface area contributed by atoms with E-state index in [9.17, 15) is 19.2 Å². The first-order valence-corrected chi connectivity index (χ1v) is 9.46. The Labute approximate surface area is 166 Å². The average Bonchev–Trinajstić information content (AvgIpc) is 3.00. The Balaban J connectivity index is 1.65. The molecule has 4 amide bonds. The number of thioether (sulfide) groups is 1. The van der Waals surface area contributed by atoms with Crippen molar-refractivity contribution in [1.29, 1.82) is 0 Å². The third-order valence-electron chi connectivity index (χ3n) is 4.50. The first-order chi connectivity index (χ1) is 13.2. The van der Waals surface area contributed by atoms with Gasteiger partial charge in [0, 0.05) is 18.3 Å². The molecule has 0 aliphatic carbocycles. The van der Waals surface area contributed by atoms with E-state index < -0.39 is 18.0 Å². The van der Waals surface area contributed by atoms with Crippen molar-refractivity contribution in [3.63, 3.8) is 0 Å². The predicted octanol–water partition coefficient (Wildman–Crippen LogP) is 0.864. The molecular weight excluding hydrogens is 382 g/mol. The molecule has 2 aliphatic rings. The van der Waals surface area contributed by atoms with Crippen molar-refractivity contribution in [2.75, 3.05) is 32.2 Å². The molecule has 1 aromatic carbocycles. The molecule has 1 unspecified atom stereocenters. The second-order valence-corrected chi connectivity index (χ2v) is 7.38. The molecule has 1 saturated heterocycles. The van der Waals surface area contributed by atoms with Gasteiger partial charge in [-0.05, 0) is 43.0 Å². The van der Waals surface area contributed by atoms with Gasteiger partial charge < -0.3 is 5.32 Å². The molecule has 2 aliphatic heterocycles. The third-order valence-corrected chi connectivity index (χ3v) is 5.55. The summed E-state index contributed by atoms with van der Waals surface area (Å²) >= 11 is 1.18. The Bertz CT molecular complexity index is 938. The van der Waals surface area contributed by atoms with E-state index in [0.29, 0.717) is 22.3 Å². The highest BCUT2D eigenvalue weighted by molar-refractivity contribution is 8.14. The number of nitrogens with zero attached hydrogens (tertiary/aromatic N) is 4. The summed E-state index contributed by atoms with van der Waals surface area (Å²) in [6.45, 7) is 1.48. The third kappa shape index (κ3) is 3.55. The van der Waals surface area contributed by atoms with E-state index >= 15 is 0 Å². The van der Waals surface area contributed by atoms with Crippen molar-refractivity contribution >= 4 is 52.1 Å². The van der Waals surface area contributed by atoms with Gasteiger partial charge in [-0.25, -0.2) is 14.3 Å². The highest BCUT2D eigenvalue weighted by atomic mass is 32.2. The number of aliphatic imine (C=N–C) groups is 1. The first kappa shape index (κ1) is 19.7. The van der Waals surface area contributed by atoms with Gasteiger partial charge in [-0.15, -0.1) is 4.99 Å². The molecule has 0 saturated carbocycles. The van der Waals surface area contributed by atoms with Crippen LogP contribution in [0.25, 0.3) is 0 Å². The minimum Gasteiger partial charge on any atom is -0.325 e. The Morgan fingerprint density at radius 2 is 1.82 bits per heavy atom. The fourth-order valence-electron chi connectivity index (χ4n) is 2.96. The van der Waals surface area contributed by atoms with Gasteiger partial charge >= 0.3 is 6.03 Å².